The molecular formula is C9H17N. The van der Waals surface area contributed by atoms with E-state index in [0.29, 0.717) is 0 Å². The molecule has 1 aliphatic heterocycles. The van der Waals surface area contributed by atoms with Gasteiger partial charge in [0, 0.05) is 12.2 Å². The van der Waals surface area contributed by atoms with E-state index in [9.17, 15) is 0 Å². The van der Waals surface area contributed by atoms with E-state index in [1.807, 2.05) is 0 Å². The van der Waals surface area contributed by atoms with Gasteiger partial charge in [-0.2, -0.15) is 0 Å². The van der Waals surface area contributed by atoms with E-state index in [2.05, 4.69) is 25.7 Å². The third-order valence-corrected chi connectivity index (χ3v) is 2.37. The molecule has 0 spiro atoms. The predicted molar refractivity (Wildman–Crippen MR) is 44.7 cm³/mol. The Balaban J connectivity index is 2.33. The molecule has 1 heteroatoms. The van der Waals surface area contributed by atoms with Crippen LogP contribution in [0.1, 0.15) is 26.7 Å². The number of hydrogen-bond donors (Lipinski definition) is 1. The van der Waals surface area contributed by atoms with Gasteiger partial charge in [-0.3, -0.25) is 0 Å². The Kier molecular flexibility index (Phi) is 2.36. The second-order valence-electron chi connectivity index (χ2n) is 3.53. The van der Waals surface area contributed by atoms with Crippen molar-refractivity contribution in [3.8, 4) is 0 Å². The van der Waals surface area contributed by atoms with Gasteiger partial charge < -0.3 is 5.32 Å². The first-order valence-corrected chi connectivity index (χ1v) is 4.12. The topological polar surface area (TPSA) is 12.0 Å². The van der Waals surface area contributed by atoms with E-state index in [1.54, 1.807) is 0 Å². The summed E-state index contributed by atoms with van der Waals surface area (Å²) >= 11 is 0. The number of hydrogen-bond acceptors (Lipinski definition) is 1. The van der Waals surface area contributed by atoms with Crippen LogP contribution in [0.25, 0.3) is 0 Å². The van der Waals surface area contributed by atoms with Crippen LogP contribution < -0.4 is 5.32 Å². The monoisotopic (exact) mass is 139 g/mol. The van der Waals surface area contributed by atoms with Gasteiger partial charge in [-0.15, -0.1) is 0 Å². The van der Waals surface area contributed by atoms with Crippen molar-refractivity contribution in [1.29, 1.82) is 0 Å². The lowest BCUT2D eigenvalue weighted by Crippen LogP contribution is -2.30. The van der Waals surface area contributed by atoms with Gasteiger partial charge in [0.2, 0.25) is 0 Å². The van der Waals surface area contributed by atoms with Crippen molar-refractivity contribution >= 4 is 0 Å². The maximum absolute atomic E-state index is 3.90. The quantitative estimate of drug-likeness (QED) is 0.587. The first-order valence-electron chi connectivity index (χ1n) is 4.12. The molecule has 1 saturated heterocycles. The first kappa shape index (κ1) is 7.64. The van der Waals surface area contributed by atoms with Gasteiger partial charge in [-0.25, -0.2) is 0 Å². The highest BCUT2D eigenvalue weighted by atomic mass is 14.9. The van der Waals surface area contributed by atoms with Crippen molar-refractivity contribution in [2.75, 3.05) is 6.54 Å². The molecule has 0 bridgehead atoms. The molecule has 1 unspecified atom stereocenters. The number of rotatable bonds is 1. The van der Waals surface area contributed by atoms with Crippen LogP contribution in [-0.2, 0) is 0 Å². The Labute approximate surface area is 63.5 Å². The summed E-state index contributed by atoms with van der Waals surface area (Å²) in [5.74, 6) is 1.69. The Morgan fingerprint density at radius 2 is 2.30 bits per heavy atom. The van der Waals surface area contributed by atoms with E-state index in [1.165, 1.54) is 18.5 Å². The summed E-state index contributed by atoms with van der Waals surface area (Å²) in [7, 11) is 0. The molecule has 10 heavy (non-hydrogen) atoms. The van der Waals surface area contributed by atoms with Gasteiger partial charge in [0.25, 0.3) is 0 Å². The Morgan fingerprint density at radius 3 is 2.70 bits per heavy atom. The Morgan fingerprint density at radius 1 is 1.60 bits per heavy atom. The average Bonchev–Trinajstić information content (AvgIpc) is 1.88. The molecule has 0 aromatic rings. The maximum atomic E-state index is 3.90. The van der Waals surface area contributed by atoms with E-state index in [4.69, 9.17) is 0 Å². The fraction of sp³-hybridized carbons (Fsp3) is 0.778. The van der Waals surface area contributed by atoms with Gasteiger partial charge >= 0.3 is 0 Å². The highest BCUT2D eigenvalue weighted by molar-refractivity contribution is 4.96. The van der Waals surface area contributed by atoms with Crippen LogP contribution in [0.2, 0.25) is 0 Å². The Hall–Kier alpha value is -0.460. The molecule has 1 fully saturated rings. The molecule has 1 nitrogen and oxygen atoms in total. The standard InChI is InChI=1S/C9H17N/c1-7(2)9-5-4-8(3)10-6-9/h7,9-10H,3-6H2,1-2H3. The predicted octanol–water partition coefficient (Wildman–Crippen LogP) is 2.16. The minimum atomic E-state index is 0.820. The lowest BCUT2D eigenvalue weighted by molar-refractivity contribution is 0.321. The van der Waals surface area contributed by atoms with Gasteiger partial charge in [0.15, 0.2) is 0 Å². The van der Waals surface area contributed by atoms with Crippen molar-refractivity contribution in [1.82, 2.24) is 5.32 Å². The first-order chi connectivity index (χ1) is 4.70. The van der Waals surface area contributed by atoms with Crippen LogP contribution in [0, 0.1) is 11.8 Å². The Bertz CT molecular complexity index is 117. The fourth-order valence-electron chi connectivity index (χ4n) is 1.39. The largest absolute Gasteiger partial charge is 0.389 e. The van der Waals surface area contributed by atoms with E-state index < -0.39 is 0 Å². The molecule has 0 amide bonds. The molecule has 0 radical (unpaired) electrons. The van der Waals surface area contributed by atoms with Crippen molar-refractivity contribution in [3.63, 3.8) is 0 Å². The second kappa shape index (κ2) is 3.09. The molecule has 0 aliphatic carbocycles. The lowest BCUT2D eigenvalue weighted by atomic mass is 9.88. The van der Waals surface area contributed by atoms with Crippen molar-refractivity contribution < 1.29 is 0 Å². The van der Waals surface area contributed by atoms with Crippen LogP contribution >= 0.6 is 0 Å². The third-order valence-electron chi connectivity index (χ3n) is 2.37. The van der Waals surface area contributed by atoms with Gasteiger partial charge in [0.1, 0.15) is 0 Å². The summed E-state index contributed by atoms with van der Waals surface area (Å²) < 4.78 is 0. The van der Waals surface area contributed by atoms with Crippen LogP contribution in [0.5, 0.6) is 0 Å². The normalized spacial score (nSPS) is 26.7. The fourth-order valence-corrected chi connectivity index (χ4v) is 1.39. The number of nitrogens with one attached hydrogen (secondary N) is 1. The highest BCUT2D eigenvalue weighted by Gasteiger charge is 2.17. The molecule has 0 aromatic carbocycles. The van der Waals surface area contributed by atoms with E-state index in [-0.39, 0.29) is 0 Å². The summed E-state index contributed by atoms with van der Waals surface area (Å²) in [5, 5.41) is 3.32. The third kappa shape index (κ3) is 1.76. The summed E-state index contributed by atoms with van der Waals surface area (Å²) in [4.78, 5) is 0. The number of allylic oxidation sites excluding steroid dienone is 1. The van der Waals surface area contributed by atoms with Crippen LogP contribution in [0.15, 0.2) is 12.3 Å². The second-order valence-corrected chi connectivity index (χ2v) is 3.53. The molecule has 1 rings (SSSR count). The van der Waals surface area contributed by atoms with Crippen LogP contribution in [-0.4, -0.2) is 6.54 Å². The van der Waals surface area contributed by atoms with Crippen molar-refractivity contribution in [3.05, 3.63) is 12.3 Å². The summed E-state index contributed by atoms with van der Waals surface area (Å²) in [6.07, 6.45) is 2.49. The van der Waals surface area contributed by atoms with Gasteiger partial charge in [0.05, 0.1) is 0 Å². The molecule has 1 heterocycles. The van der Waals surface area contributed by atoms with Gasteiger partial charge in [-0.1, -0.05) is 20.4 Å². The van der Waals surface area contributed by atoms with Crippen molar-refractivity contribution in [2.24, 2.45) is 11.8 Å². The van der Waals surface area contributed by atoms with Crippen LogP contribution in [0.3, 0.4) is 0 Å². The minimum absolute atomic E-state index is 0.820. The molecule has 1 N–H and O–H groups in total. The molecule has 0 aromatic heterocycles. The zero-order valence-corrected chi connectivity index (χ0v) is 6.98. The SMILES string of the molecule is C=C1CCC(C(C)C)CN1. The summed E-state index contributed by atoms with van der Waals surface area (Å²) in [6, 6.07) is 0. The molecule has 0 saturated carbocycles. The lowest BCUT2D eigenvalue weighted by Gasteiger charge is -2.27. The smallest absolute Gasteiger partial charge is 0.0174 e. The molecule has 58 valence electrons. The van der Waals surface area contributed by atoms with Crippen molar-refractivity contribution in [2.45, 2.75) is 26.7 Å². The van der Waals surface area contributed by atoms with Crippen LogP contribution in [0.4, 0.5) is 0 Å². The summed E-state index contributed by atoms with van der Waals surface area (Å²) in [6.45, 7) is 9.62. The van der Waals surface area contributed by atoms with E-state index >= 15 is 0 Å². The molecule has 1 aliphatic rings. The molecular weight excluding hydrogens is 122 g/mol. The zero-order valence-electron chi connectivity index (χ0n) is 6.98. The minimum Gasteiger partial charge on any atom is -0.389 e. The summed E-state index contributed by atoms with van der Waals surface area (Å²) in [5.41, 5.74) is 1.22. The maximum Gasteiger partial charge on any atom is 0.0174 e. The molecule has 1 atom stereocenters. The van der Waals surface area contributed by atoms with Gasteiger partial charge in [-0.05, 0) is 24.7 Å². The highest BCUT2D eigenvalue weighted by Crippen LogP contribution is 2.21. The average molecular weight is 139 g/mol. The number of piperidine rings is 1. The zero-order chi connectivity index (χ0) is 7.56. The van der Waals surface area contributed by atoms with E-state index in [0.717, 1.165) is 18.4 Å².